The number of methoxy groups -OCH3 is 1. The lowest BCUT2D eigenvalue weighted by Gasteiger charge is -2.25. The molecule has 1 N–H and O–H groups in total. The first kappa shape index (κ1) is 17.7. The van der Waals surface area contributed by atoms with E-state index in [0.717, 1.165) is 25.9 Å². The van der Waals surface area contributed by atoms with Crippen LogP contribution in [0.3, 0.4) is 0 Å². The zero-order valence-electron chi connectivity index (χ0n) is 13.8. The summed E-state index contributed by atoms with van der Waals surface area (Å²) in [5.74, 6) is -0.412. The van der Waals surface area contributed by atoms with Crippen LogP contribution in [0.1, 0.15) is 21.6 Å². The molecule has 0 aliphatic carbocycles. The van der Waals surface area contributed by atoms with Crippen LogP contribution >= 0.6 is 27.3 Å². The molecular formula is C17H15BrN2O4S2. The molecule has 0 spiro atoms. The summed E-state index contributed by atoms with van der Waals surface area (Å²) in [5.41, 5.74) is 3.27. The molecule has 0 fully saturated rings. The molecule has 0 saturated heterocycles. The van der Waals surface area contributed by atoms with Crippen LogP contribution in [-0.2, 0) is 27.7 Å². The summed E-state index contributed by atoms with van der Waals surface area (Å²) in [6, 6.07) is 8.64. The van der Waals surface area contributed by atoms with Crippen LogP contribution in [0.4, 0.5) is 0 Å². The standard InChI is InChI=1S/C17H15BrN2O4S2/c1-24-17(21)10-2-3-13-11(8-10)12-9-20(7-6-14(12)19-13)26(22,23)16-5-4-15(18)25-16/h2-5,8,19H,6-7,9H2,1H3. The highest BCUT2D eigenvalue weighted by atomic mass is 79.9. The maximum absolute atomic E-state index is 12.9. The normalized spacial score (nSPS) is 15.2. The topological polar surface area (TPSA) is 79.5 Å². The van der Waals surface area contributed by atoms with Crippen LogP contribution in [0.2, 0.25) is 0 Å². The van der Waals surface area contributed by atoms with Crippen LogP contribution in [-0.4, -0.2) is 37.3 Å². The van der Waals surface area contributed by atoms with E-state index in [0.29, 0.717) is 22.7 Å². The van der Waals surface area contributed by atoms with Crippen LogP contribution in [0.25, 0.3) is 10.9 Å². The predicted octanol–water partition coefficient (Wildman–Crippen LogP) is 3.53. The first-order chi connectivity index (χ1) is 12.4. The highest BCUT2D eigenvalue weighted by Gasteiger charge is 2.31. The Hall–Kier alpha value is -1.68. The highest BCUT2D eigenvalue weighted by molar-refractivity contribution is 9.11. The Bertz CT molecular complexity index is 1120. The SMILES string of the molecule is COC(=O)c1ccc2[nH]c3c(c2c1)CN(S(=O)(=O)c1ccc(Br)s1)CC3. The van der Waals surface area contributed by atoms with E-state index in [1.807, 2.05) is 6.07 Å². The van der Waals surface area contributed by atoms with Crippen molar-refractivity contribution in [2.24, 2.45) is 0 Å². The summed E-state index contributed by atoms with van der Waals surface area (Å²) < 4.78 is 33.2. The number of nitrogens with one attached hydrogen (secondary N) is 1. The quantitative estimate of drug-likeness (QED) is 0.613. The average molecular weight is 455 g/mol. The highest BCUT2D eigenvalue weighted by Crippen LogP contribution is 2.34. The molecule has 3 aromatic rings. The minimum Gasteiger partial charge on any atom is -0.465 e. The third-order valence-corrected chi connectivity index (χ3v) is 8.44. The molecule has 0 unspecified atom stereocenters. The molecule has 1 aliphatic heterocycles. The Morgan fingerprint density at radius 1 is 1.31 bits per heavy atom. The summed E-state index contributed by atoms with van der Waals surface area (Å²) >= 11 is 4.52. The van der Waals surface area contributed by atoms with Gasteiger partial charge in [-0.25, -0.2) is 13.2 Å². The van der Waals surface area contributed by atoms with Crippen molar-refractivity contribution in [2.45, 2.75) is 17.2 Å². The van der Waals surface area contributed by atoms with E-state index in [1.54, 1.807) is 24.3 Å². The number of rotatable bonds is 3. The largest absolute Gasteiger partial charge is 0.465 e. The van der Waals surface area contributed by atoms with Crippen molar-refractivity contribution in [2.75, 3.05) is 13.7 Å². The lowest BCUT2D eigenvalue weighted by atomic mass is 10.0. The monoisotopic (exact) mass is 454 g/mol. The van der Waals surface area contributed by atoms with Gasteiger partial charge in [-0.15, -0.1) is 11.3 Å². The number of thiophene rings is 1. The number of sulfonamides is 1. The molecular weight excluding hydrogens is 440 g/mol. The summed E-state index contributed by atoms with van der Waals surface area (Å²) in [6.45, 7) is 0.694. The van der Waals surface area contributed by atoms with Crippen molar-refractivity contribution in [1.82, 2.24) is 9.29 Å². The van der Waals surface area contributed by atoms with E-state index in [1.165, 1.54) is 22.8 Å². The van der Waals surface area contributed by atoms with Crippen molar-refractivity contribution in [3.05, 3.63) is 50.9 Å². The number of fused-ring (bicyclic) bond motifs is 3. The van der Waals surface area contributed by atoms with Crippen LogP contribution < -0.4 is 0 Å². The number of esters is 1. The second-order valence-electron chi connectivity index (χ2n) is 5.98. The summed E-state index contributed by atoms with van der Waals surface area (Å²) in [5, 5.41) is 0.857. The summed E-state index contributed by atoms with van der Waals surface area (Å²) in [6.07, 6.45) is 0.601. The Balaban J connectivity index is 1.74. The second kappa shape index (κ2) is 6.49. The number of aromatic nitrogens is 1. The molecule has 1 aliphatic rings. The van der Waals surface area contributed by atoms with Crippen molar-refractivity contribution in [1.29, 1.82) is 0 Å². The fourth-order valence-electron chi connectivity index (χ4n) is 3.20. The Kier molecular flexibility index (Phi) is 4.42. The molecule has 0 saturated carbocycles. The van der Waals surface area contributed by atoms with Gasteiger partial charge in [0.25, 0.3) is 10.0 Å². The fourth-order valence-corrected chi connectivity index (χ4v) is 6.78. The van der Waals surface area contributed by atoms with E-state index in [9.17, 15) is 13.2 Å². The van der Waals surface area contributed by atoms with E-state index in [2.05, 4.69) is 20.9 Å². The lowest BCUT2D eigenvalue weighted by Crippen LogP contribution is -2.35. The van der Waals surface area contributed by atoms with Gasteiger partial charge in [-0.05, 0) is 51.8 Å². The Morgan fingerprint density at radius 3 is 2.81 bits per heavy atom. The van der Waals surface area contributed by atoms with E-state index in [4.69, 9.17) is 4.74 Å². The van der Waals surface area contributed by atoms with Gasteiger partial charge in [-0.2, -0.15) is 4.31 Å². The summed E-state index contributed by atoms with van der Waals surface area (Å²) in [7, 11) is -2.21. The van der Waals surface area contributed by atoms with E-state index >= 15 is 0 Å². The van der Waals surface area contributed by atoms with Crippen molar-refractivity contribution >= 4 is 54.2 Å². The van der Waals surface area contributed by atoms with Crippen LogP contribution in [0.5, 0.6) is 0 Å². The second-order valence-corrected chi connectivity index (χ2v) is 10.6. The third kappa shape index (κ3) is 2.88. The van der Waals surface area contributed by atoms with Gasteiger partial charge < -0.3 is 9.72 Å². The van der Waals surface area contributed by atoms with Gasteiger partial charge in [0.2, 0.25) is 0 Å². The molecule has 0 radical (unpaired) electrons. The van der Waals surface area contributed by atoms with Crippen molar-refractivity contribution < 1.29 is 17.9 Å². The minimum absolute atomic E-state index is 0.276. The molecule has 4 rings (SSSR count). The van der Waals surface area contributed by atoms with E-state index < -0.39 is 16.0 Å². The third-order valence-electron chi connectivity index (χ3n) is 4.50. The van der Waals surface area contributed by atoms with Gasteiger partial charge in [0.05, 0.1) is 16.5 Å². The minimum atomic E-state index is -3.55. The van der Waals surface area contributed by atoms with Gasteiger partial charge in [0.15, 0.2) is 0 Å². The van der Waals surface area contributed by atoms with E-state index in [-0.39, 0.29) is 6.54 Å². The molecule has 0 bridgehead atoms. The first-order valence-electron chi connectivity index (χ1n) is 7.87. The van der Waals surface area contributed by atoms with Gasteiger partial charge in [0.1, 0.15) is 4.21 Å². The summed E-state index contributed by atoms with van der Waals surface area (Å²) in [4.78, 5) is 15.2. The molecule has 0 amide bonds. The van der Waals surface area contributed by atoms with Crippen molar-refractivity contribution in [3.63, 3.8) is 0 Å². The number of aromatic amines is 1. The van der Waals surface area contributed by atoms with Crippen LogP contribution in [0.15, 0.2) is 38.3 Å². The van der Waals surface area contributed by atoms with Gasteiger partial charge >= 0.3 is 5.97 Å². The maximum atomic E-state index is 12.9. The van der Waals surface area contributed by atoms with Crippen LogP contribution in [0, 0.1) is 0 Å². The molecule has 2 aromatic heterocycles. The number of carbonyl (C=O) groups excluding carboxylic acids is 1. The smallest absolute Gasteiger partial charge is 0.337 e. The fraction of sp³-hybridized carbons (Fsp3) is 0.235. The Morgan fingerprint density at radius 2 is 2.12 bits per heavy atom. The number of hydrogen-bond acceptors (Lipinski definition) is 5. The number of H-pyrrole nitrogens is 1. The first-order valence-corrected chi connectivity index (χ1v) is 10.9. The molecule has 3 heterocycles. The number of hydrogen-bond donors (Lipinski definition) is 1. The van der Waals surface area contributed by atoms with Gasteiger partial charge in [0, 0.05) is 36.1 Å². The molecule has 136 valence electrons. The molecule has 0 atom stereocenters. The number of carbonyl (C=O) groups is 1. The zero-order valence-corrected chi connectivity index (χ0v) is 17.0. The molecule has 9 heteroatoms. The number of benzene rings is 1. The van der Waals surface area contributed by atoms with Crippen molar-refractivity contribution in [3.8, 4) is 0 Å². The zero-order chi connectivity index (χ0) is 18.5. The average Bonchev–Trinajstić information content (AvgIpc) is 3.23. The Labute approximate surface area is 163 Å². The van der Waals surface area contributed by atoms with Gasteiger partial charge in [-0.3, -0.25) is 0 Å². The number of nitrogens with zero attached hydrogens (tertiary/aromatic N) is 1. The lowest BCUT2D eigenvalue weighted by molar-refractivity contribution is 0.0601. The molecule has 26 heavy (non-hydrogen) atoms. The maximum Gasteiger partial charge on any atom is 0.337 e. The number of halogens is 1. The molecule has 1 aromatic carbocycles. The number of ether oxygens (including phenoxy) is 1. The van der Waals surface area contributed by atoms with Gasteiger partial charge in [-0.1, -0.05) is 0 Å². The molecule has 6 nitrogen and oxygen atoms in total. The predicted molar refractivity (Wildman–Crippen MR) is 103 cm³/mol.